The van der Waals surface area contributed by atoms with Crippen molar-refractivity contribution in [3.63, 3.8) is 0 Å². The molecule has 0 heterocycles. The van der Waals surface area contributed by atoms with Crippen LogP contribution in [-0.2, 0) is 20.0 Å². The largest absolute Gasteiger partial charge is 0.478 e. The predicted octanol–water partition coefficient (Wildman–Crippen LogP) is 1.20. The van der Waals surface area contributed by atoms with Gasteiger partial charge in [-0.3, -0.25) is 4.18 Å². The van der Waals surface area contributed by atoms with Crippen molar-refractivity contribution in [2.45, 2.75) is 33.1 Å². The summed E-state index contributed by atoms with van der Waals surface area (Å²) < 4.78 is 23.3. The molecular weight excluding hydrogens is 258 g/mol. The maximum Gasteiger partial charge on any atom is 0.330 e. The molecule has 0 unspecified atom stereocenters. The summed E-state index contributed by atoms with van der Waals surface area (Å²) in [6.07, 6.45) is 2.18. The van der Waals surface area contributed by atoms with Gasteiger partial charge in [0.1, 0.15) is 0 Å². The average Bonchev–Trinajstić information content (AvgIpc) is 2.28. The zero-order valence-corrected chi connectivity index (χ0v) is 12.5. The smallest absolute Gasteiger partial charge is 0.330 e. The zero-order chi connectivity index (χ0) is 15.0. The van der Waals surface area contributed by atoms with E-state index in [1.165, 1.54) is 0 Å². The van der Waals surface area contributed by atoms with Crippen molar-refractivity contribution >= 4 is 17.0 Å². The first-order chi connectivity index (χ1) is 8.37. The molecule has 7 heteroatoms. The fourth-order valence-corrected chi connectivity index (χ4v) is 0.906. The highest BCUT2D eigenvalue weighted by Gasteiger charge is 1.99. The van der Waals surface area contributed by atoms with E-state index in [1.54, 1.807) is 0 Å². The Bertz CT molecular complexity index is 269. The van der Waals surface area contributed by atoms with E-state index < -0.39 is 17.0 Å². The number of rotatable bonds is 6. The Balaban J connectivity index is -0.000000207. The number of carboxylic acids is 1. The Morgan fingerprint density at radius 1 is 1.28 bits per heavy atom. The van der Waals surface area contributed by atoms with Crippen LogP contribution in [0.4, 0.5) is 0 Å². The molecule has 0 aliphatic carbocycles. The number of carbonyl (C=O) groups is 1. The Morgan fingerprint density at radius 3 is 1.83 bits per heavy atom. The minimum atomic E-state index is -2.61. The van der Waals surface area contributed by atoms with E-state index >= 15 is 0 Å². The highest BCUT2D eigenvalue weighted by Crippen LogP contribution is 1.99. The van der Waals surface area contributed by atoms with Crippen LogP contribution in [0.2, 0.25) is 0 Å². The molecule has 18 heavy (non-hydrogen) atoms. The average molecular weight is 283 g/mol. The summed E-state index contributed by atoms with van der Waals surface area (Å²) in [4.78, 5) is 9.99. The van der Waals surface area contributed by atoms with Crippen LogP contribution in [-0.4, -0.2) is 40.2 Å². The van der Waals surface area contributed by atoms with Crippen LogP contribution >= 0.6 is 0 Å². The fourth-order valence-electron chi connectivity index (χ4n) is 0.575. The second-order valence-electron chi connectivity index (χ2n) is 3.22. The van der Waals surface area contributed by atoms with Gasteiger partial charge in [0, 0.05) is 5.57 Å². The Labute approximate surface area is 111 Å². The van der Waals surface area contributed by atoms with Gasteiger partial charge in [0.05, 0.1) is 6.61 Å². The van der Waals surface area contributed by atoms with Crippen molar-refractivity contribution in [2.75, 3.05) is 20.7 Å². The summed E-state index contributed by atoms with van der Waals surface area (Å²) in [5.74, 6) is -0.883. The maximum atomic E-state index is 9.99. The molecular formula is C11H25NO5S. The molecule has 0 aromatic carbocycles. The molecule has 0 rings (SSSR count). The molecule has 0 spiro atoms. The molecule has 110 valence electrons. The standard InChI is InChI=1S/C6H10O2.C3H8O3S.C2H7N/c1-3-4-5(2)6(7)8;1-2-3-6-7(4)5;1-3-2/h2-4H2,1H3,(H,7,8);7H,2-3H2,1H3;3H,1-2H3. The third-order valence-electron chi connectivity index (χ3n) is 1.26. The van der Waals surface area contributed by atoms with Gasteiger partial charge >= 0.3 is 5.97 Å². The van der Waals surface area contributed by atoms with Gasteiger partial charge in [0.25, 0.3) is 11.0 Å². The topological polar surface area (TPSA) is 92.7 Å². The van der Waals surface area contributed by atoms with Crippen LogP contribution in [0, 0.1) is 0 Å². The predicted molar refractivity (Wildman–Crippen MR) is 73.2 cm³/mol. The lowest BCUT2D eigenvalue weighted by Crippen LogP contribution is -1.97. The molecule has 0 radical (unpaired) electrons. The molecule has 0 saturated heterocycles. The Hall–Kier alpha value is -0.920. The first-order valence-corrected chi connectivity index (χ1v) is 6.73. The number of aliphatic carboxylic acids is 1. The van der Waals surface area contributed by atoms with E-state index in [2.05, 4.69) is 16.1 Å². The summed E-state index contributed by atoms with van der Waals surface area (Å²) >= 11 is 0. The van der Waals surface area contributed by atoms with Gasteiger partial charge < -0.3 is 10.4 Å². The summed E-state index contributed by atoms with van der Waals surface area (Å²) in [6.45, 7) is 7.42. The van der Waals surface area contributed by atoms with Gasteiger partial charge in [0.2, 0.25) is 0 Å². The van der Waals surface area contributed by atoms with E-state index in [1.807, 2.05) is 27.9 Å². The molecule has 0 amide bonds. The molecule has 0 aliphatic rings. The highest BCUT2D eigenvalue weighted by atomic mass is 32.2. The molecule has 0 aromatic rings. The van der Waals surface area contributed by atoms with E-state index in [-0.39, 0.29) is 0 Å². The third kappa shape index (κ3) is 29.4. The van der Waals surface area contributed by atoms with Gasteiger partial charge in [-0.15, -0.1) is 0 Å². The molecule has 0 bridgehead atoms. The van der Waals surface area contributed by atoms with Crippen LogP contribution in [0.1, 0.15) is 33.1 Å². The quantitative estimate of drug-likeness (QED) is 0.501. The Morgan fingerprint density at radius 2 is 1.72 bits per heavy atom. The monoisotopic (exact) mass is 283 g/mol. The number of nitrogens with one attached hydrogen (secondary N) is 1. The van der Waals surface area contributed by atoms with Crippen LogP contribution in [0.25, 0.3) is 0 Å². The lowest BCUT2D eigenvalue weighted by atomic mass is 10.2. The second-order valence-corrected chi connectivity index (χ2v) is 3.92. The maximum absolute atomic E-state index is 9.99. The molecule has 0 fully saturated rings. The zero-order valence-electron chi connectivity index (χ0n) is 11.6. The van der Waals surface area contributed by atoms with Gasteiger partial charge in [0.15, 0.2) is 0 Å². The lowest BCUT2D eigenvalue weighted by molar-refractivity contribution is -0.132. The van der Waals surface area contributed by atoms with Gasteiger partial charge in [-0.2, -0.15) is 0 Å². The minimum absolute atomic E-state index is 0.299. The van der Waals surface area contributed by atoms with E-state index in [0.717, 1.165) is 12.8 Å². The first kappa shape index (κ1) is 22.3. The first-order valence-electron chi connectivity index (χ1n) is 5.64. The highest BCUT2D eigenvalue weighted by molar-refractivity contribution is 7.67. The van der Waals surface area contributed by atoms with Crippen molar-refractivity contribution in [1.29, 1.82) is 0 Å². The second kappa shape index (κ2) is 18.4. The van der Waals surface area contributed by atoms with Gasteiger partial charge in [-0.25, -0.2) is 13.2 Å². The third-order valence-corrected chi connectivity index (χ3v) is 1.65. The molecule has 6 nitrogen and oxygen atoms in total. The van der Waals surface area contributed by atoms with Crippen LogP contribution in [0.5, 0.6) is 0 Å². The molecule has 0 atom stereocenters. The number of carboxylic acid groups (broad SMARTS) is 1. The van der Waals surface area contributed by atoms with Crippen LogP contribution < -0.4 is 5.32 Å². The summed E-state index contributed by atoms with van der Waals surface area (Å²) in [5.41, 5.74) is 0.299. The Kier molecular flexibility index (Phi) is 22.8. The van der Waals surface area contributed by atoms with E-state index in [9.17, 15) is 13.2 Å². The van der Waals surface area contributed by atoms with Crippen molar-refractivity contribution in [2.24, 2.45) is 0 Å². The summed E-state index contributed by atoms with van der Waals surface area (Å²) in [7, 11) is 1.14. The molecule has 0 aliphatic heterocycles. The summed E-state index contributed by atoms with van der Waals surface area (Å²) in [6, 6.07) is 0. The number of thiol groups is 1. The van der Waals surface area contributed by atoms with Crippen molar-refractivity contribution in [3.05, 3.63) is 12.2 Å². The molecule has 0 aromatic heterocycles. The summed E-state index contributed by atoms with van der Waals surface area (Å²) in [5, 5.41) is 11.0. The number of hydrogen-bond donors (Lipinski definition) is 3. The van der Waals surface area contributed by atoms with Crippen molar-refractivity contribution in [1.82, 2.24) is 5.32 Å². The SMILES string of the molecule is C=C(CCC)C(=O)O.CCCO[SH](=O)=O.CNC. The van der Waals surface area contributed by atoms with Crippen LogP contribution in [0.3, 0.4) is 0 Å². The van der Waals surface area contributed by atoms with E-state index in [0.29, 0.717) is 18.6 Å². The normalized spacial score (nSPS) is 8.72. The van der Waals surface area contributed by atoms with Crippen molar-refractivity contribution < 1.29 is 22.5 Å². The van der Waals surface area contributed by atoms with Crippen molar-refractivity contribution in [3.8, 4) is 0 Å². The lowest BCUT2D eigenvalue weighted by Gasteiger charge is -1.92. The van der Waals surface area contributed by atoms with E-state index in [4.69, 9.17) is 5.11 Å². The molecule has 0 saturated carbocycles. The molecule has 2 N–H and O–H groups in total. The van der Waals surface area contributed by atoms with Crippen LogP contribution in [0.15, 0.2) is 12.2 Å². The minimum Gasteiger partial charge on any atom is -0.478 e. The van der Waals surface area contributed by atoms with Gasteiger partial charge in [-0.05, 0) is 26.9 Å². The number of hydrogen-bond acceptors (Lipinski definition) is 5. The van der Waals surface area contributed by atoms with Gasteiger partial charge in [-0.1, -0.05) is 26.8 Å². The fraction of sp³-hybridized carbons (Fsp3) is 0.727.